The van der Waals surface area contributed by atoms with Gasteiger partial charge in [-0.05, 0) is 37.0 Å². The highest BCUT2D eigenvalue weighted by molar-refractivity contribution is 6.04. The average Bonchev–Trinajstić information content (AvgIpc) is 2.70. The van der Waals surface area contributed by atoms with Crippen molar-refractivity contribution in [1.29, 1.82) is 0 Å². The lowest BCUT2D eigenvalue weighted by molar-refractivity contribution is -0.137. The zero-order chi connectivity index (χ0) is 15.6. The van der Waals surface area contributed by atoms with Gasteiger partial charge in [0, 0.05) is 18.7 Å². The molecule has 0 bridgehead atoms. The highest BCUT2D eigenvalue weighted by Gasteiger charge is 2.34. The van der Waals surface area contributed by atoms with Gasteiger partial charge in [0.15, 0.2) is 0 Å². The van der Waals surface area contributed by atoms with Gasteiger partial charge in [-0.15, -0.1) is 0 Å². The summed E-state index contributed by atoms with van der Waals surface area (Å²) in [6.45, 7) is 4.17. The Bertz CT molecular complexity index is 555. The van der Waals surface area contributed by atoms with E-state index < -0.39 is 12.1 Å². The van der Waals surface area contributed by atoms with Crippen molar-refractivity contribution in [2.24, 2.45) is 0 Å². The molecule has 0 saturated carbocycles. The predicted octanol–water partition coefficient (Wildman–Crippen LogP) is 2.44. The second kappa shape index (κ2) is 6.26. The van der Waals surface area contributed by atoms with E-state index in [0.717, 1.165) is 16.8 Å². The fraction of sp³-hybridized carbons (Fsp3) is 0.500. The van der Waals surface area contributed by atoms with Crippen LogP contribution in [0.3, 0.4) is 0 Å². The number of benzene rings is 1. The van der Waals surface area contributed by atoms with Crippen molar-refractivity contribution in [3.8, 4) is 0 Å². The minimum absolute atomic E-state index is 0.00136. The van der Waals surface area contributed by atoms with Crippen LogP contribution in [0.4, 0.5) is 5.69 Å². The third-order valence-corrected chi connectivity index (χ3v) is 3.99. The van der Waals surface area contributed by atoms with Gasteiger partial charge in [0.2, 0.25) is 5.91 Å². The predicted molar refractivity (Wildman–Crippen MR) is 79.3 cm³/mol. The van der Waals surface area contributed by atoms with E-state index in [9.17, 15) is 14.7 Å². The Kier molecular flexibility index (Phi) is 4.63. The maximum Gasteiger partial charge on any atom is 0.303 e. The van der Waals surface area contributed by atoms with Crippen LogP contribution in [-0.2, 0) is 9.59 Å². The van der Waals surface area contributed by atoms with Gasteiger partial charge in [0.05, 0.1) is 12.0 Å². The summed E-state index contributed by atoms with van der Waals surface area (Å²) in [5, 5.41) is 18.6. The smallest absolute Gasteiger partial charge is 0.303 e. The first-order valence-corrected chi connectivity index (χ1v) is 7.30. The summed E-state index contributed by atoms with van der Waals surface area (Å²) in [6, 6.07) is 5.58. The number of rotatable bonds is 6. The fourth-order valence-corrected chi connectivity index (χ4v) is 2.71. The van der Waals surface area contributed by atoms with Crippen molar-refractivity contribution in [3.63, 3.8) is 0 Å². The van der Waals surface area contributed by atoms with Crippen LogP contribution in [0, 0.1) is 0 Å². The molecular formula is C16H21NO4. The molecule has 0 aromatic heterocycles. The third kappa shape index (κ3) is 3.08. The summed E-state index contributed by atoms with van der Waals surface area (Å²) >= 11 is 0. The molecule has 1 aliphatic heterocycles. The number of anilines is 1. The standard InChI is InChI=1S/C16H21NO4/c1-3-14(18)11-6-7-13-12(9-11)10(2)16(21)17(13)8-4-5-15(19)20/h6-7,9-10,14,18H,3-5,8H2,1-2H3,(H,19,20). The van der Waals surface area contributed by atoms with E-state index in [0.29, 0.717) is 19.4 Å². The van der Waals surface area contributed by atoms with E-state index in [1.54, 1.807) is 4.90 Å². The zero-order valence-electron chi connectivity index (χ0n) is 12.4. The SMILES string of the molecule is CCC(O)c1ccc2c(c1)C(C)C(=O)N2CCCC(=O)O. The number of amides is 1. The van der Waals surface area contributed by atoms with Crippen LogP contribution in [0.2, 0.25) is 0 Å². The Morgan fingerprint density at radius 3 is 2.76 bits per heavy atom. The van der Waals surface area contributed by atoms with Gasteiger partial charge in [0.1, 0.15) is 0 Å². The molecule has 2 unspecified atom stereocenters. The van der Waals surface area contributed by atoms with Crippen LogP contribution in [0.5, 0.6) is 0 Å². The van der Waals surface area contributed by atoms with Gasteiger partial charge in [-0.25, -0.2) is 0 Å². The molecule has 0 saturated heterocycles. The first-order chi connectivity index (χ1) is 9.95. The largest absolute Gasteiger partial charge is 0.481 e. The lowest BCUT2D eigenvalue weighted by Gasteiger charge is -2.17. The molecule has 2 rings (SSSR count). The molecule has 2 atom stereocenters. The number of carboxylic acid groups (broad SMARTS) is 1. The van der Waals surface area contributed by atoms with Crippen LogP contribution in [-0.4, -0.2) is 28.6 Å². The van der Waals surface area contributed by atoms with Crippen LogP contribution >= 0.6 is 0 Å². The van der Waals surface area contributed by atoms with Gasteiger partial charge in [0.25, 0.3) is 0 Å². The maximum absolute atomic E-state index is 12.3. The Hall–Kier alpha value is -1.88. The Labute approximate surface area is 124 Å². The van der Waals surface area contributed by atoms with Gasteiger partial charge < -0.3 is 15.1 Å². The summed E-state index contributed by atoms with van der Waals surface area (Å²) in [5.74, 6) is -1.09. The van der Waals surface area contributed by atoms with Crippen LogP contribution in [0.1, 0.15) is 56.3 Å². The molecule has 1 amide bonds. The summed E-state index contributed by atoms with van der Waals surface area (Å²) in [6.07, 6.45) is 0.606. The van der Waals surface area contributed by atoms with Crippen LogP contribution < -0.4 is 4.90 Å². The van der Waals surface area contributed by atoms with E-state index in [2.05, 4.69) is 0 Å². The summed E-state index contributed by atoms with van der Waals surface area (Å²) in [5.41, 5.74) is 2.58. The van der Waals surface area contributed by atoms with Crippen LogP contribution in [0.15, 0.2) is 18.2 Å². The van der Waals surface area contributed by atoms with E-state index in [1.165, 1.54) is 0 Å². The first kappa shape index (κ1) is 15.5. The molecule has 0 fully saturated rings. The number of aliphatic hydroxyl groups excluding tert-OH is 1. The Morgan fingerprint density at radius 1 is 1.43 bits per heavy atom. The molecule has 1 aliphatic rings. The summed E-state index contributed by atoms with van der Waals surface area (Å²) < 4.78 is 0. The van der Waals surface area contributed by atoms with Gasteiger partial charge in [-0.2, -0.15) is 0 Å². The van der Waals surface area contributed by atoms with E-state index in [4.69, 9.17) is 5.11 Å². The number of hydrogen-bond acceptors (Lipinski definition) is 3. The van der Waals surface area contributed by atoms with Crippen molar-refractivity contribution in [3.05, 3.63) is 29.3 Å². The van der Waals surface area contributed by atoms with Crippen molar-refractivity contribution in [2.75, 3.05) is 11.4 Å². The normalized spacial score (nSPS) is 18.7. The maximum atomic E-state index is 12.3. The number of fused-ring (bicyclic) bond motifs is 1. The number of aliphatic carboxylic acids is 1. The minimum atomic E-state index is -0.851. The average molecular weight is 291 g/mol. The number of carbonyl (C=O) groups is 2. The minimum Gasteiger partial charge on any atom is -0.481 e. The van der Waals surface area contributed by atoms with Gasteiger partial charge in [-0.1, -0.05) is 19.1 Å². The van der Waals surface area contributed by atoms with Crippen molar-refractivity contribution >= 4 is 17.6 Å². The Balaban J connectivity index is 2.22. The molecule has 21 heavy (non-hydrogen) atoms. The van der Waals surface area contributed by atoms with Crippen molar-refractivity contribution < 1.29 is 19.8 Å². The number of carbonyl (C=O) groups excluding carboxylic acids is 1. The topological polar surface area (TPSA) is 77.8 Å². The fourth-order valence-electron chi connectivity index (χ4n) is 2.71. The second-order valence-electron chi connectivity index (χ2n) is 5.45. The third-order valence-electron chi connectivity index (χ3n) is 3.99. The van der Waals surface area contributed by atoms with E-state index in [-0.39, 0.29) is 18.2 Å². The Morgan fingerprint density at radius 2 is 2.14 bits per heavy atom. The lowest BCUT2D eigenvalue weighted by atomic mass is 9.98. The van der Waals surface area contributed by atoms with E-state index in [1.807, 2.05) is 32.0 Å². The molecule has 2 N–H and O–H groups in total. The van der Waals surface area contributed by atoms with E-state index >= 15 is 0 Å². The summed E-state index contributed by atoms with van der Waals surface area (Å²) in [7, 11) is 0. The first-order valence-electron chi connectivity index (χ1n) is 7.30. The monoisotopic (exact) mass is 291 g/mol. The molecule has 5 heteroatoms. The molecule has 1 aromatic carbocycles. The molecule has 1 heterocycles. The summed E-state index contributed by atoms with van der Waals surface area (Å²) in [4.78, 5) is 24.5. The highest BCUT2D eigenvalue weighted by atomic mass is 16.4. The molecule has 0 spiro atoms. The molecule has 1 aromatic rings. The molecule has 5 nitrogen and oxygen atoms in total. The number of aliphatic hydroxyl groups is 1. The van der Waals surface area contributed by atoms with Gasteiger partial charge in [-0.3, -0.25) is 9.59 Å². The molecule has 0 radical (unpaired) electrons. The molecular weight excluding hydrogens is 270 g/mol. The number of carboxylic acids is 1. The van der Waals surface area contributed by atoms with Crippen LogP contribution in [0.25, 0.3) is 0 Å². The second-order valence-corrected chi connectivity index (χ2v) is 5.45. The quantitative estimate of drug-likeness (QED) is 0.844. The highest BCUT2D eigenvalue weighted by Crippen LogP contribution is 2.38. The van der Waals surface area contributed by atoms with Gasteiger partial charge >= 0.3 is 5.97 Å². The number of nitrogens with zero attached hydrogens (tertiary/aromatic N) is 1. The molecule has 0 aliphatic carbocycles. The molecule has 114 valence electrons. The lowest BCUT2D eigenvalue weighted by Crippen LogP contribution is -2.29. The number of hydrogen-bond donors (Lipinski definition) is 2. The van der Waals surface area contributed by atoms with Crippen molar-refractivity contribution in [1.82, 2.24) is 0 Å². The van der Waals surface area contributed by atoms with Crippen molar-refractivity contribution in [2.45, 2.75) is 45.1 Å². The zero-order valence-corrected chi connectivity index (χ0v) is 12.4.